The Kier molecular flexibility index (Phi) is 6.76. The maximum absolute atomic E-state index is 11.9. The van der Waals surface area contributed by atoms with Crippen LogP contribution in [0.1, 0.15) is 36.5 Å². The first-order valence-corrected chi connectivity index (χ1v) is 9.98. The molecule has 1 unspecified atom stereocenters. The van der Waals surface area contributed by atoms with E-state index in [-0.39, 0.29) is 12.0 Å². The number of aliphatic hydroxyl groups is 1. The van der Waals surface area contributed by atoms with E-state index in [9.17, 15) is 9.90 Å². The van der Waals surface area contributed by atoms with Gasteiger partial charge in [-0.25, -0.2) is 0 Å². The van der Waals surface area contributed by atoms with Gasteiger partial charge in [0.15, 0.2) is 0 Å². The average molecular weight is 378 g/mol. The van der Waals surface area contributed by atoms with Gasteiger partial charge >= 0.3 is 0 Å². The molecule has 0 spiro atoms. The van der Waals surface area contributed by atoms with Crippen LogP contribution in [0.5, 0.6) is 0 Å². The predicted molar refractivity (Wildman–Crippen MR) is 100.0 cm³/mol. The highest BCUT2D eigenvalue weighted by atomic mass is 32.1. The minimum absolute atomic E-state index is 0.00426. The number of amides is 1. The van der Waals surface area contributed by atoms with Crippen molar-refractivity contribution in [3.8, 4) is 10.8 Å². The van der Waals surface area contributed by atoms with Crippen molar-refractivity contribution < 1.29 is 14.3 Å². The Balaban J connectivity index is 1.32. The molecule has 2 aromatic heterocycles. The molecule has 0 bridgehead atoms. The van der Waals surface area contributed by atoms with E-state index in [1.54, 1.807) is 11.3 Å². The lowest BCUT2D eigenvalue weighted by molar-refractivity contribution is -0.121. The number of piperidine rings is 1. The number of β-amino-alcohol motifs (C(OH)–C–C–N with tert-alkyl or cyclic N) is 1. The molecule has 1 fully saturated rings. The van der Waals surface area contributed by atoms with Crippen LogP contribution in [-0.2, 0) is 11.2 Å². The molecule has 0 saturated carbocycles. The largest absolute Gasteiger partial charge is 0.420 e. The highest BCUT2D eigenvalue weighted by molar-refractivity contribution is 7.15. The number of hydrogen-bond acceptors (Lipinski definition) is 7. The summed E-state index contributed by atoms with van der Waals surface area (Å²) >= 11 is 1.61. The summed E-state index contributed by atoms with van der Waals surface area (Å²) in [5.74, 6) is 1.00. The zero-order chi connectivity index (χ0) is 18.4. The molecule has 1 aliphatic heterocycles. The van der Waals surface area contributed by atoms with Crippen molar-refractivity contribution in [3.05, 3.63) is 22.9 Å². The number of nitrogens with one attached hydrogen (secondary N) is 1. The Morgan fingerprint density at radius 2 is 2.35 bits per heavy atom. The van der Waals surface area contributed by atoms with Crippen LogP contribution in [0.4, 0.5) is 0 Å². The Labute approximate surface area is 157 Å². The molecule has 8 heteroatoms. The maximum atomic E-state index is 11.9. The molecular formula is C18H26N4O3S. The van der Waals surface area contributed by atoms with Crippen molar-refractivity contribution in [1.29, 1.82) is 0 Å². The van der Waals surface area contributed by atoms with Crippen LogP contribution in [0.3, 0.4) is 0 Å². The van der Waals surface area contributed by atoms with E-state index in [4.69, 9.17) is 4.42 Å². The Bertz CT molecular complexity index is 715. The third kappa shape index (κ3) is 5.62. The summed E-state index contributed by atoms with van der Waals surface area (Å²) in [5.41, 5.74) is 0. The zero-order valence-electron chi connectivity index (χ0n) is 15.1. The average Bonchev–Trinajstić information content (AvgIpc) is 3.26. The smallest absolute Gasteiger partial charge is 0.257 e. The molecule has 2 N–H and O–H groups in total. The molecule has 1 saturated heterocycles. The number of nitrogens with zero attached hydrogens (tertiary/aromatic N) is 3. The molecule has 0 aromatic carbocycles. The van der Waals surface area contributed by atoms with Gasteiger partial charge in [0.25, 0.3) is 5.89 Å². The highest BCUT2D eigenvalue weighted by Gasteiger charge is 2.17. The minimum Gasteiger partial charge on any atom is -0.420 e. The van der Waals surface area contributed by atoms with Gasteiger partial charge in [-0.2, -0.15) is 0 Å². The van der Waals surface area contributed by atoms with E-state index in [2.05, 4.69) is 20.4 Å². The van der Waals surface area contributed by atoms with Crippen LogP contribution in [0, 0.1) is 6.92 Å². The summed E-state index contributed by atoms with van der Waals surface area (Å²) in [6, 6.07) is 3.98. The number of aliphatic hydroxyl groups excluding tert-OH is 1. The zero-order valence-corrected chi connectivity index (χ0v) is 15.9. The van der Waals surface area contributed by atoms with Crippen LogP contribution in [0.2, 0.25) is 0 Å². The van der Waals surface area contributed by atoms with Crippen LogP contribution in [0.25, 0.3) is 10.8 Å². The monoisotopic (exact) mass is 378 g/mol. The Morgan fingerprint density at radius 3 is 3.12 bits per heavy atom. The van der Waals surface area contributed by atoms with Crippen molar-refractivity contribution in [1.82, 2.24) is 20.4 Å². The lowest BCUT2D eigenvalue weighted by atomic mass is 10.1. The maximum Gasteiger partial charge on any atom is 0.257 e. The topological polar surface area (TPSA) is 91.5 Å². The molecule has 26 heavy (non-hydrogen) atoms. The van der Waals surface area contributed by atoms with E-state index in [0.717, 1.165) is 43.8 Å². The van der Waals surface area contributed by atoms with Crippen molar-refractivity contribution in [2.75, 3.05) is 26.2 Å². The fourth-order valence-corrected chi connectivity index (χ4v) is 3.87. The summed E-state index contributed by atoms with van der Waals surface area (Å²) in [4.78, 5) is 16.3. The lowest BCUT2D eigenvalue weighted by Gasteiger charge is -2.29. The van der Waals surface area contributed by atoms with Crippen LogP contribution < -0.4 is 5.32 Å². The van der Waals surface area contributed by atoms with E-state index in [1.165, 1.54) is 4.88 Å². The molecule has 3 rings (SSSR count). The fourth-order valence-electron chi connectivity index (χ4n) is 3.08. The number of hydrogen-bond donors (Lipinski definition) is 2. The summed E-state index contributed by atoms with van der Waals surface area (Å²) in [6.07, 6.45) is 3.42. The Hall–Kier alpha value is -1.77. The van der Waals surface area contributed by atoms with Gasteiger partial charge in [0.2, 0.25) is 11.8 Å². The molecule has 1 atom stereocenters. The van der Waals surface area contributed by atoms with Crippen molar-refractivity contribution >= 4 is 17.2 Å². The fraction of sp³-hybridized carbons (Fsp3) is 0.611. The van der Waals surface area contributed by atoms with Gasteiger partial charge in [0.1, 0.15) is 0 Å². The Morgan fingerprint density at radius 1 is 1.46 bits per heavy atom. The van der Waals surface area contributed by atoms with Gasteiger partial charge in [-0.1, -0.05) is 0 Å². The number of rotatable bonds is 8. The van der Waals surface area contributed by atoms with E-state index >= 15 is 0 Å². The second-order valence-corrected chi connectivity index (χ2v) is 8.00. The molecule has 142 valence electrons. The standard InChI is InChI=1S/C18H26N4O3S/c1-13-5-6-15(26-13)18-21-20-17(25-18)8-7-16(24)19-9-3-11-22-10-2-4-14(23)12-22/h5-6,14,23H,2-4,7-12H2,1H3,(H,19,24). The first-order valence-electron chi connectivity index (χ1n) is 9.16. The second kappa shape index (κ2) is 9.25. The van der Waals surface area contributed by atoms with Crippen LogP contribution in [0.15, 0.2) is 16.5 Å². The number of thiophene rings is 1. The molecule has 0 radical (unpaired) electrons. The number of likely N-dealkylation sites (tertiary alicyclic amines) is 1. The van der Waals surface area contributed by atoms with Gasteiger partial charge in [-0.05, 0) is 51.4 Å². The van der Waals surface area contributed by atoms with Gasteiger partial charge in [-0.3, -0.25) is 4.79 Å². The van der Waals surface area contributed by atoms with E-state index < -0.39 is 0 Å². The number of carbonyl (C=O) groups is 1. The molecule has 0 aliphatic carbocycles. The third-order valence-electron chi connectivity index (χ3n) is 4.44. The molecule has 2 aromatic rings. The van der Waals surface area contributed by atoms with Crippen molar-refractivity contribution in [2.24, 2.45) is 0 Å². The van der Waals surface area contributed by atoms with Crippen molar-refractivity contribution in [3.63, 3.8) is 0 Å². The summed E-state index contributed by atoms with van der Waals surface area (Å²) in [7, 11) is 0. The number of aromatic nitrogens is 2. The quantitative estimate of drug-likeness (QED) is 0.683. The predicted octanol–water partition coefficient (Wildman–Crippen LogP) is 2.00. The van der Waals surface area contributed by atoms with Crippen LogP contribution in [-0.4, -0.2) is 58.4 Å². The van der Waals surface area contributed by atoms with Crippen molar-refractivity contribution in [2.45, 2.75) is 45.1 Å². The SMILES string of the molecule is Cc1ccc(-c2nnc(CCC(=O)NCCCN3CCCC(O)C3)o2)s1. The van der Waals surface area contributed by atoms with E-state index in [0.29, 0.717) is 31.2 Å². The molecule has 7 nitrogen and oxygen atoms in total. The van der Waals surface area contributed by atoms with Gasteiger partial charge in [-0.15, -0.1) is 21.5 Å². The molecule has 1 amide bonds. The van der Waals surface area contributed by atoms with Gasteiger partial charge in [0.05, 0.1) is 11.0 Å². The van der Waals surface area contributed by atoms with E-state index in [1.807, 2.05) is 19.1 Å². The highest BCUT2D eigenvalue weighted by Crippen LogP contribution is 2.26. The number of carbonyl (C=O) groups excluding carboxylic acids is 1. The number of aryl methyl sites for hydroxylation is 2. The lowest BCUT2D eigenvalue weighted by Crippen LogP contribution is -2.39. The summed E-state index contributed by atoms with van der Waals surface area (Å²) < 4.78 is 5.63. The van der Waals surface area contributed by atoms with Gasteiger partial charge < -0.3 is 19.7 Å². The molecule has 3 heterocycles. The first-order chi connectivity index (χ1) is 12.6. The first kappa shape index (κ1) is 19.0. The normalized spacial score (nSPS) is 18.2. The third-order valence-corrected chi connectivity index (χ3v) is 5.43. The molecular weight excluding hydrogens is 352 g/mol. The second-order valence-electron chi connectivity index (χ2n) is 6.71. The molecule has 1 aliphatic rings. The summed E-state index contributed by atoms with van der Waals surface area (Å²) in [5, 5.41) is 20.6. The van der Waals surface area contributed by atoms with Crippen LogP contribution >= 0.6 is 11.3 Å². The van der Waals surface area contributed by atoms with Gasteiger partial charge in [0, 0.05) is 30.8 Å². The summed E-state index contributed by atoms with van der Waals surface area (Å²) in [6.45, 7) is 5.37. The minimum atomic E-state index is -0.198.